The fourth-order valence-corrected chi connectivity index (χ4v) is 2.09. The van der Waals surface area contributed by atoms with Gasteiger partial charge in [-0.25, -0.2) is 0 Å². The Morgan fingerprint density at radius 1 is 1.11 bits per heavy atom. The van der Waals surface area contributed by atoms with E-state index in [0.717, 1.165) is 6.08 Å². The van der Waals surface area contributed by atoms with Crippen LogP contribution in [0.5, 0.6) is 0 Å². The van der Waals surface area contributed by atoms with Crippen molar-refractivity contribution in [2.24, 2.45) is 0 Å². The van der Waals surface area contributed by atoms with Crippen molar-refractivity contribution in [3.8, 4) is 0 Å². The molecule has 0 atom stereocenters. The van der Waals surface area contributed by atoms with Gasteiger partial charge < -0.3 is 4.48 Å². The Bertz CT molecular complexity index is 287. The fourth-order valence-electron chi connectivity index (χ4n) is 1.79. The summed E-state index contributed by atoms with van der Waals surface area (Å²) in [4.78, 5) is 0. The summed E-state index contributed by atoms with van der Waals surface area (Å²) in [7, 11) is -3.79. The zero-order valence-corrected chi connectivity index (χ0v) is 13.2. The Hall–Kier alpha value is -0.390. The molecule has 110 valence electrons. The largest absolute Gasteiger partial charge is 0.324 e. The molecule has 0 aromatic carbocycles. The van der Waals surface area contributed by atoms with Crippen LogP contribution in [0.4, 0.5) is 0 Å². The predicted octanol–water partition coefficient (Wildman–Crippen LogP) is 2.72. The molecule has 0 aliphatic carbocycles. The first-order valence-electron chi connectivity index (χ1n) is 6.71. The van der Waals surface area contributed by atoms with Crippen LogP contribution in [0.25, 0.3) is 0 Å². The first kappa shape index (κ1) is 19.9. The summed E-state index contributed by atoms with van der Waals surface area (Å²) in [6, 6.07) is 0. The third-order valence-electron chi connectivity index (χ3n) is 3.33. The second-order valence-corrected chi connectivity index (χ2v) is 5.90. The second-order valence-electron chi connectivity index (χ2n) is 4.40. The van der Waals surface area contributed by atoms with Crippen molar-refractivity contribution in [3.63, 3.8) is 0 Å². The van der Waals surface area contributed by atoms with Gasteiger partial charge in [-0.2, -0.15) is 8.42 Å². The van der Waals surface area contributed by atoms with E-state index in [4.69, 9.17) is 4.55 Å². The SMILES string of the molecule is C=CCS(=O)(=O)O.CCCC[N+](CC)(CC)CC. The van der Waals surface area contributed by atoms with Crippen LogP contribution >= 0.6 is 0 Å². The van der Waals surface area contributed by atoms with E-state index < -0.39 is 10.1 Å². The van der Waals surface area contributed by atoms with E-state index >= 15 is 0 Å². The van der Waals surface area contributed by atoms with E-state index in [1.807, 2.05) is 0 Å². The molecule has 4 nitrogen and oxygen atoms in total. The third kappa shape index (κ3) is 10.7. The zero-order valence-electron chi connectivity index (χ0n) is 12.4. The van der Waals surface area contributed by atoms with Gasteiger partial charge in [0.25, 0.3) is 10.1 Å². The zero-order chi connectivity index (χ0) is 14.7. The number of rotatable bonds is 8. The highest BCUT2D eigenvalue weighted by Gasteiger charge is 2.18. The number of unbranched alkanes of at least 4 members (excludes halogenated alkanes) is 1. The molecule has 0 aliphatic rings. The van der Waals surface area contributed by atoms with E-state index in [1.54, 1.807) is 0 Å². The Morgan fingerprint density at radius 3 is 1.72 bits per heavy atom. The van der Waals surface area contributed by atoms with Gasteiger partial charge >= 0.3 is 0 Å². The summed E-state index contributed by atoms with van der Waals surface area (Å²) in [6.45, 7) is 17.6. The van der Waals surface area contributed by atoms with Gasteiger partial charge in [0.15, 0.2) is 0 Å². The normalized spacial score (nSPS) is 11.6. The van der Waals surface area contributed by atoms with E-state index in [2.05, 4.69) is 34.3 Å². The lowest BCUT2D eigenvalue weighted by molar-refractivity contribution is -0.923. The van der Waals surface area contributed by atoms with Gasteiger partial charge in [-0.1, -0.05) is 19.4 Å². The van der Waals surface area contributed by atoms with Gasteiger partial charge in [-0.05, 0) is 27.2 Å². The van der Waals surface area contributed by atoms with Gasteiger partial charge in [0.2, 0.25) is 0 Å². The minimum atomic E-state index is -3.79. The smallest absolute Gasteiger partial charge is 0.268 e. The number of quaternary nitrogens is 1. The van der Waals surface area contributed by atoms with Gasteiger partial charge in [0.05, 0.1) is 31.9 Å². The maximum Gasteiger partial charge on any atom is 0.268 e. The monoisotopic (exact) mass is 280 g/mol. The van der Waals surface area contributed by atoms with Crippen molar-refractivity contribution < 1.29 is 17.5 Å². The molecule has 0 aromatic rings. The maximum absolute atomic E-state index is 9.72. The Morgan fingerprint density at radius 2 is 1.56 bits per heavy atom. The molecule has 0 saturated heterocycles. The van der Waals surface area contributed by atoms with Crippen LogP contribution in [0.1, 0.15) is 40.5 Å². The third-order valence-corrected chi connectivity index (χ3v) is 3.98. The van der Waals surface area contributed by atoms with Crippen LogP contribution in [0.15, 0.2) is 12.7 Å². The number of hydrogen-bond donors (Lipinski definition) is 1. The molecule has 0 radical (unpaired) electrons. The van der Waals surface area contributed by atoms with Crippen LogP contribution < -0.4 is 0 Å². The minimum Gasteiger partial charge on any atom is -0.324 e. The van der Waals surface area contributed by atoms with E-state index in [1.165, 1.54) is 43.5 Å². The second kappa shape index (κ2) is 10.5. The molecule has 0 aliphatic heterocycles. The van der Waals surface area contributed by atoms with Crippen molar-refractivity contribution >= 4 is 10.1 Å². The highest BCUT2D eigenvalue weighted by atomic mass is 32.2. The molecule has 0 spiro atoms. The maximum atomic E-state index is 9.72. The average molecular weight is 280 g/mol. The number of nitrogens with zero attached hydrogens (tertiary/aromatic N) is 1. The summed E-state index contributed by atoms with van der Waals surface area (Å²) < 4.78 is 28.7. The van der Waals surface area contributed by atoms with Crippen molar-refractivity contribution in [2.45, 2.75) is 40.5 Å². The molecule has 0 rings (SSSR count). The van der Waals surface area contributed by atoms with Crippen molar-refractivity contribution in [1.82, 2.24) is 0 Å². The van der Waals surface area contributed by atoms with Crippen LogP contribution in [-0.4, -0.2) is 49.4 Å². The lowest BCUT2D eigenvalue weighted by Gasteiger charge is -2.35. The van der Waals surface area contributed by atoms with E-state index in [0.29, 0.717) is 0 Å². The molecular weight excluding hydrogens is 250 g/mol. The minimum absolute atomic E-state index is 0.368. The molecule has 0 bridgehead atoms. The standard InChI is InChI=1S/C10H24N.C3H6O3S/c1-5-9-10-11(6-2,7-3)8-4;1-2-3-7(4,5)6/h5-10H2,1-4H3;2H,1,3H2,(H,4,5,6)/q+1;. The van der Waals surface area contributed by atoms with Gasteiger partial charge in [-0.3, -0.25) is 4.55 Å². The van der Waals surface area contributed by atoms with Crippen molar-refractivity contribution in [3.05, 3.63) is 12.7 Å². The molecule has 0 saturated carbocycles. The Kier molecular flexibility index (Phi) is 11.7. The summed E-state index contributed by atoms with van der Waals surface area (Å²) >= 11 is 0. The topological polar surface area (TPSA) is 54.4 Å². The quantitative estimate of drug-likeness (QED) is 0.422. The lowest BCUT2D eigenvalue weighted by atomic mass is 10.2. The molecule has 0 unspecified atom stereocenters. The molecule has 0 fully saturated rings. The highest BCUT2D eigenvalue weighted by Crippen LogP contribution is 2.07. The summed E-state index contributed by atoms with van der Waals surface area (Å²) in [5.41, 5.74) is 0. The molecule has 1 N–H and O–H groups in total. The summed E-state index contributed by atoms with van der Waals surface area (Å²) in [6.07, 6.45) is 3.84. The summed E-state index contributed by atoms with van der Waals surface area (Å²) in [5.74, 6) is -0.368. The Labute approximate surface area is 113 Å². The van der Waals surface area contributed by atoms with Gasteiger partial charge in [0.1, 0.15) is 0 Å². The van der Waals surface area contributed by atoms with E-state index in [-0.39, 0.29) is 5.75 Å². The van der Waals surface area contributed by atoms with Gasteiger partial charge in [0, 0.05) is 0 Å². The highest BCUT2D eigenvalue weighted by molar-refractivity contribution is 7.85. The number of hydrogen-bond acceptors (Lipinski definition) is 2. The van der Waals surface area contributed by atoms with E-state index in [9.17, 15) is 8.42 Å². The molecular formula is C13H30NO3S+. The molecule has 0 heterocycles. The summed E-state index contributed by atoms with van der Waals surface area (Å²) in [5, 5.41) is 0. The molecule has 0 amide bonds. The molecule has 5 heteroatoms. The molecule has 0 aromatic heterocycles. The Balaban J connectivity index is 0. The van der Waals surface area contributed by atoms with Crippen LogP contribution in [0, 0.1) is 0 Å². The lowest BCUT2D eigenvalue weighted by Crippen LogP contribution is -2.48. The van der Waals surface area contributed by atoms with Crippen molar-refractivity contribution in [2.75, 3.05) is 31.9 Å². The van der Waals surface area contributed by atoms with Crippen LogP contribution in [0.2, 0.25) is 0 Å². The first-order chi connectivity index (χ1) is 8.30. The fraction of sp³-hybridized carbons (Fsp3) is 0.846. The van der Waals surface area contributed by atoms with Gasteiger partial charge in [-0.15, -0.1) is 6.58 Å². The molecule has 18 heavy (non-hydrogen) atoms. The average Bonchev–Trinajstić information content (AvgIpc) is 2.31. The first-order valence-corrected chi connectivity index (χ1v) is 8.32. The van der Waals surface area contributed by atoms with Crippen molar-refractivity contribution in [1.29, 1.82) is 0 Å². The van der Waals surface area contributed by atoms with Crippen LogP contribution in [0.3, 0.4) is 0 Å². The van der Waals surface area contributed by atoms with Crippen LogP contribution in [-0.2, 0) is 10.1 Å². The predicted molar refractivity (Wildman–Crippen MR) is 78.3 cm³/mol.